The van der Waals surface area contributed by atoms with Crippen LogP contribution in [0.25, 0.3) is 10.9 Å². The van der Waals surface area contributed by atoms with Gasteiger partial charge in [0.2, 0.25) is 59.1 Å². The molecule has 1 aliphatic heterocycles. The first-order chi connectivity index (χ1) is 36.1. The number of aromatic amines is 1. The number of carbonyl (C=O) groups excluding carboxylic acids is 10. The molecule has 414 valence electrons. The monoisotopic (exact) mass is 1060 g/mol. The zero-order valence-electron chi connectivity index (χ0n) is 42.9. The van der Waals surface area contributed by atoms with Crippen molar-refractivity contribution < 1.29 is 47.9 Å². The molecule has 0 spiro atoms. The molecule has 2 heterocycles. The molecule has 76 heavy (non-hydrogen) atoms. The maximum atomic E-state index is 14.6. The molecule has 1 saturated heterocycles. The van der Waals surface area contributed by atoms with E-state index < -0.39 is 114 Å². The van der Waals surface area contributed by atoms with Crippen molar-refractivity contribution in [2.24, 2.45) is 50.3 Å². The number of rotatable bonds is 16. The second kappa shape index (κ2) is 31.7. The van der Waals surface area contributed by atoms with Gasteiger partial charge in [-0.15, -0.1) is 0 Å². The highest BCUT2D eigenvalue weighted by atomic mass is 16.2. The number of primary amides is 2. The molecule has 1 fully saturated rings. The van der Waals surface area contributed by atoms with Crippen molar-refractivity contribution in [3.8, 4) is 0 Å². The van der Waals surface area contributed by atoms with E-state index in [1.165, 1.54) is 6.92 Å². The van der Waals surface area contributed by atoms with Gasteiger partial charge in [-0.25, -0.2) is 0 Å². The highest BCUT2D eigenvalue weighted by Gasteiger charge is 2.36. The first-order valence-electron chi connectivity index (χ1n) is 24.7. The van der Waals surface area contributed by atoms with Crippen molar-refractivity contribution in [1.29, 1.82) is 0 Å². The van der Waals surface area contributed by atoms with E-state index >= 15 is 0 Å². The average molecular weight is 1060 g/mol. The molecule has 4 rings (SSSR count). The topological polar surface area (TPSA) is 464 Å². The smallest absolute Gasteiger partial charge is 0.243 e. The van der Waals surface area contributed by atoms with Gasteiger partial charge >= 0.3 is 0 Å². The number of aromatic nitrogens is 1. The maximum absolute atomic E-state index is 14.6. The van der Waals surface area contributed by atoms with Crippen LogP contribution in [0.1, 0.15) is 76.8 Å². The molecule has 5 unspecified atom stereocenters. The minimum Gasteiger partial charge on any atom is -0.370 e. The summed E-state index contributed by atoms with van der Waals surface area (Å²) in [7, 11) is 0. The van der Waals surface area contributed by atoms with Gasteiger partial charge in [0.05, 0.1) is 13.0 Å². The highest BCUT2D eigenvalue weighted by molar-refractivity contribution is 5.99. The van der Waals surface area contributed by atoms with E-state index in [9.17, 15) is 47.9 Å². The van der Waals surface area contributed by atoms with Gasteiger partial charge in [0.25, 0.3) is 0 Å². The molecule has 0 radical (unpaired) electrons. The summed E-state index contributed by atoms with van der Waals surface area (Å²) in [6.45, 7) is 5.02. The van der Waals surface area contributed by atoms with Gasteiger partial charge in [0.15, 0.2) is 11.9 Å². The van der Waals surface area contributed by atoms with Gasteiger partial charge in [0.1, 0.15) is 36.3 Å². The van der Waals surface area contributed by atoms with Crippen LogP contribution in [-0.2, 0) is 60.8 Å². The number of guanidine groups is 2. The van der Waals surface area contributed by atoms with E-state index in [1.807, 2.05) is 25.1 Å². The largest absolute Gasteiger partial charge is 0.370 e. The van der Waals surface area contributed by atoms with E-state index in [4.69, 9.17) is 34.4 Å². The van der Waals surface area contributed by atoms with Crippen LogP contribution in [0.3, 0.4) is 0 Å². The number of nitrogens with two attached hydrogens (primary N) is 6. The van der Waals surface area contributed by atoms with Gasteiger partial charge in [0, 0.05) is 62.9 Å². The molecule has 27 heteroatoms. The number of fused-ring (bicyclic) bond motifs is 1. The van der Waals surface area contributed by atoms with Gasteiger partial charge in [-0.3, -0.25) is 57.9 Å². The van der Waals surface area contributed by atoms with Crippen LogP contribution in [0, 0.1) is 5.92 Å². The molecule has 0 saturated carbocycles. The van der Waals surface area contributed by atoms with Crippen LogP contribution < -0.4 is 76.9 Å². The van der Waals surface area contributed by atoms with Crippen molar-refractivity contribution in [2.45, 2.75) is 115 Å². The Kier molecular flexibility index (Phi) is 25.7. The second-order valence-corrected chi connectivity index (χ2v) is 18.0. The van der Waals surface area contributed by atoms with Crippen LogP contribution in [0.2, 0.25) is 0 Å². The fourth-order valence-electron chi connectivity index (χ4n) is 7.70. The number of H-pyrrole nitrogens is 1. The number of amides is 10. The minimum absolute atomic E-state index is 0.0175. The minimum atomic E-state index is -1.70. The number of para-hydroxylation sites is 1. The summed E-state index contributed by atoms with van der Waals surface area (Å²) in [5.41, 5.74) is 34.3. The number of aliphatic imine (C=N–C) groups is 2. The lowest BCUT2D eigenvalue weighted by molar-refractivity contribution is -0.136. The average Bonchev–Trinajstić information content (AvgIpc) is 3.77. The van der Waals surface area contributed by atoms with Gasteiger partial charge in [-0.2, -0.15) is 0 Å². The molecule has 10 amide bonds. The predicted molar refractivity (Wildman–Crippen MR) is 282 cm³/mol. The van der Waals surface area contributed by atoms with Gasteiger partial charge < -0.3 is 81.9 Å². The van der Waals surface area contributed by atoms with Crippen molar-refractivity contribution in [3.63, 3.8) is 0 Å². The lowest BCUT2D eigenvalue weighted by Gasteiger charge is -2.30. The lowest BCUT2D eigenvalue weighted by atomic mass is 9.95. The van der Waals surface area contributed by atoms with Crippen LogP contribution in [0.5, 0.6) is 0 Å². The van der Waals surface area contributed by atoms with E-state index in [2.05, 4.69) is 57.5 Å². The number of nitrogens with zero attached hydrogens (tertiary/aromatic N) is 2. The van der Waals surface area contributed by atoms with Crippen molar-refractivity contribution in [3.05, 3.63) is 71.9 Å². The molecule has 1 aromatic heterocycles. The number of nitrogens with one attached hydrogen (secondary N) is 9. The van der Waals surface area contributed by atoms with Crippen molar-refractivity contribution >= 4 is 81.9 Å². The molecule has 7 atom stereocenters. The Bertz CT molecular complexity index is 2550. The molecule has 3 aromatic rings. The third kappa shape index (κ3) is 22.1. The zero-order valence-corrected chi connectivity index (χ0v) is 42.9. The van der Waals surface area contributed by atoms with Crippen molar-refractivity contribution in [1.82, 2.24) is 47.5 Å². The summed E-state index contributed by atoms with van der Waals surface area (Å²) in [6, 6.07) is 6.90. The summed E-state index contributed by atoms with van der Waals surface area (Å²) in [4.78, 5) is 145. The molecule has 0 bridgehead atoms. The zero-order chi connectivity index (χ0) is 56.3. The summed E-state index contributed by atoms with van der Waals surface area (Å²) in [6.07, 6.45) is 1.11. The maximum Gasteiger partial charge on any atom is 0.243 e. The van der Waals surface area contributed by atoms with Crippen LogP contribution >= 0.6 is 0 Å². The van der Waals surface area contributed by atoms with Gasteiger partial charge in [-0.1, -0.05) is 62.4 Å². The molecule has 0 aliphatic carbocycles. The first kappa shape index (κ1) is 61.5. The number of benzene rings is 2. The lowest BCUT2D eigenvalue weighted by Crippen LogP contribution is -2.61. The quantitative estimate of drug-likeness (QED) is 0.0481. The van der Waals surface area contributed by atoms with E-state index in [0.717, 1.165) is 23.9 Å². The Morgan fingerprint density at radius 2 is 1.32 bits per heavy atom. The number of hydrogen-bond acceptors (Lipinski definition) is 12. The molecule has 1 aliphatic rings. The summed E-state index contributed by atoms with van der Waals surface area (Å²) < 4.78 is 0. The van der Waals surface area contributed by atoms with Crippen LogP contribution in [-0.4, -0.2) is 138 Å². The van der Waals surface area contributed by atoms with E-state index in [1.54, 1.807) is 49.5 Å². The van der Waals surface area contributed by atoms with Crippen LogP contribution in [0.15, 0.2) is 70.8 Å². The Balaban J connectivity index is 0.00000202. The summed E-state index contributed by atoms with van der Waals surface area (Å²) >= 11 is 0. The SMILES string of the molecule is CC(=O)NCC(=O)NC1CCCNC(=O)CCC(C(N)=O)NC(=O)[C@H](Cc2c[nH]c3ccccc23)NC(=O)C(C(C)CCN=C(N)N)NC(=O)C(Cc2ccccc2)NC(=O)[C@H](CC(N)=O)NC1=O.CCCN=C(N)N. The molecule has 27 nitrogen and oxygen atoms in total. The first-order valence-corrected chi connectivity index (χ1v) is 24.7. The fourth-order valence-corrected chi connectivity index (χ4v) is 7.70. The predicted octanol–water partition coefficient (Wildman–Crippen LogP) is -3.98. The molecule has 2 aromatic carbocycles. The van der Waals surface area contributed by atoms with Crippen LogP contribution in [0.4, 0.5) is 0 Å². The molecule has 21 N–H and O–H groups in total. The van der Waals surface area contributed by atoms with E-state index in [0.29, 0.717) is 11.1 Å². The van der Waals surface area contributed by atoms with E-state index in [-0.39, 0.29) is 70.0 Å². The molecular formula is C49H73N17O10. The highest BCUT2D eigenvalue weighted by Crippen LogP contribution is 2.20. The Morgan fingerprint density at radius 3 is 1.95 bits per heavy atom. The summed E-state index contributed by atoms with van der Waals surface area (Å²) in [5.74, 6) is -9.23. The summed E-state index contributed by atoms with van der Waals surface area (Å²) in [5, 5.41) is 21.2. The Labute approximate surface area is 439 Å². The normalized spacial score (nSPS) is 20.7. The second-order valence-electron chi connectivity index (χ2n) is 18.0. The Morgan fingerprint density at radius 1 is 0.711 bits per heavy atom. The Hall–Kier alpha value is -8.78. The fraction of sp³-hybridized carbons (Fsp3) is 0.469. The number of carbonyl (C=O) groups is 10. The van der Waals surface area contributed by atoms with Gasteiger partial charge in [-0.05, 0) is 55.2 Å². The third-order valence-electron chi connectivity index (χ3n) is 11.7. The molecular weight excluding hydrogens is 987 g/mol. The van der Waals surface area contributed by atoms with Crippen molar-refractivity contribution in [2.75, 3.05) is 26.2 Å². The third-order valence-corrected chi connectivity index (χ3v) is 11.7. The number of hydrogen-bond donors (Lipinski definition) is 15. The standard InChI is InChI=1S/C45H62N14O10.C4H11N3/c1-24(16-18-51-45(48)49)38-44(69)58-33(20-27-22-53-29-12-7-6-11-28(27)29)41(66)55-30(39(47)64)14-15-36(62)50-17-8-13-31(54-37(63)23-52-25(2)60)40(65)57-34(21-35(46)61)42(67)56-32(43(68)59-38)19-26-9-4-3-5-10-26;1-2-3-7-4(5)6/h3-7,9-12,22,24,30-34,38,53H,8,13-21,23H2,1-2H3,(H2,46,61)(H2,47,64)(H,50,62)(H,52,60)(H,54,63)(H,55,66)(H,56,67)(H,57,65)(H,58,69)(H,59,68)(H4,48,49,51);2-3H2,1H3,(H4,5,6,7)/t24?,30?,31?,32?,33-,34-,38?;/m0./s1.